The van der Waals surface area contributed by atoms with Gasteiger partial charge >= 0.3 is 11.9 Å². The molecule has 0 bridgehead atoms. The van der Waals surface area contributed by atoms with Crippen molar-refractivity contribution in [2.45, 2.75) is 59.2 Å². The minimum atomic E-state index is -4.53. The van der Waals surface area contributed by atoms with Crippen LogP contribution in [0.4, 0.5) is 19.0 Å². The minimum Gasteiger partial charge on any atom is -0.354 e. The summed E-state index contributed by atoms with van der Waals surface area (Å²) in [6, 6.07) is 1.04. The lowest BCUT2D eigenvalue weighted by atomic mass is 9.95. The summed E-state index contributed by atoms with van der Waals surface area (Å²) in [6.45, 7) is 13.0. The third-order valence-corrected chi connectivity index (χ3v) is 6.01. The number of aromatic nitrogens is 4. The number of nitrogens with zero attached hydrogens (tertiary/aromatic N) is 5. The second-order valence-corrected chi connectivity index (χ2v) is 10.1. The fraction of sp³-hybridized carbons (Fsp3) is 0.652. The van der Waals surface area contributed by atoms with E-state index < -0.39 is 23.0 Å². The molecule has 1 fully saturated rings. The van der Waals surface area contributed by atoms with Gasteiger partial charge in [-0.1, -0.05) is 27.7 Å². The Morgan fingerprint density at radius 1 is 1.09 bits per heavy atom. The van der Waals surface area contributed by atoms with Gasteiger partial charge in [0.1, 0.15) is 17.3 Å². The van der Waals surface area contributed by atoms with Gasteiger partial charge in [0.15, 0.2) is 0 Å². The summed E-state index contributed by atoms with van der Waals surface area (Å²) in [6.07, 6.45) is -2.09. The number of halogens is 3. The average Bonchev–Trinajstić information content (AvgIpc) is 2.75. The highest BCUT2D eigenvalue weighted by Gasteiger charge is 2.36. The van der Waals surface area contributed by atoms with Crippen molar-refractivity contribution in [3.63, 3.8) is 0 Å². The van der Waals surface area contributed by atoms with Crippen LogP contribution in [0.5, 0.6) is 0 Å². The highest BCUT2D eigenvalue weighted by atomic mass is 19.4. The summed E-state index contributed by atoms with van der Waals surface area (Å²) in [5.41, 5.74) is -1.79. The fourth-order valence-electron chi connectivity index (χ4n) is 3.86. The number of anilines is 1. The van der Waals surface area contributed by atoms with Crippen molar-refractivity contribution in [2.24, 2.45) is 5.92 Å². The molecule has 0 aromatic carbocycles. The van der Waals surface area contributed by atoms with Gasteiger partial charge in [-0.25, -0.2) is 14.8 Å². The molecular weight excluding hydrogens is 449 g/mol. The molecule has 1 aliphatic rings. The first-order valence-electron chi connectivity index (χ1n) is 11.5. The van der Waals surface area contributed by atoms with E-state index in [0.717, 1.165) is 19.0 Å². The number of aromatic amines is 1. The van der Waals surface area contributed by atoms with Crippen molar-refractivity contribution >= 4 is 5.82 Å². The van der Waals surface area contributed by atoms with Crippen molar-refractivity contribution in [1.29, 1.82) is 0 Å². The minimum absolute atomic E-state index is 0.182. The molecule has 0 aliphatic carbocycles. The number of H-pyrrole nitrogens is 1. The molecule has 0 amide bonds. The molecule has 8 nitrogen and oxygen atoms in total. The van der Waals surface area contributed by atoms with Gasteiger partial charge in [-0.3, -0.25) is 14.7 Å². The Bertz CT molecular complexity index is 1080. The zero-order valence-electron chi connectivity index (χ0n) is 20.4. The SMILES string of the molecule is Cc1cn(CC(C)CCN2CCN(c3cc(C(F)(F)F)nc(C(C)(C)C)n3)CC2)c(=O)[nH]c1=O. The van der Waals surface area contributed by atoms with Gasteiger partial charge in [0.2, 0.25) is 0 Å². The first-order valence-corrected chi connectivity index (χ1v) is 11.5. The van der Waals surface area contributed by atoms with Crippen LogP contribution < -0.4 is 16.1 Å². The summed E-state index contributed by atoms with van der Waals surface area (Å²) in [5, 5.41) is 0. The van der Waals surface area contributed by atoms with E-state index >= 15 is 0 Å². The largest absolute Gasteiger partial charge is 0.433 e. The van der Waals surface area contributed by atoms with E-state index in [-0.39, 0.29) is 17.3 Å². The smallest absolute Gasteiger partial charge is 0.354 e. The van der Waals surface area contributed by atoms with Gasteiger partial charge in [-0.15, -0.1) is 0 Å². The first-order chi connectivity index (χ1) is 15.7. The molecule has 0 spiro atoms. The van der Waals surface area contributed by atoms with Crippen LogP contribution >= 0.6 is 0 Å². The number of rotatable bonds is 6. The standard InChI is InChI=1S/C23H33F3N6O2/c1-15(13-32-14-16(2)19(33)29-21(32)34)6-7-30-8-10-31(11-9-30)18-12-17(23(24,25)26)27-20(28-18)22(3,4)5/h12,14-15H,6-11,13H2,1-5H3,(H,29,33,34). The van der Waals surface area contributed by atoms with Crippen LogP contribution in [0, 0.1) is 12.8 Å². The van der Waals surface area contributed by atoms with E-state index in [2.05, 4.69) is 26.8 Å². The van der Waals surface area contributed by atoms with Gasteiger partial charge in [0, 0.05) is 56.0 Å². The van der Waals surface area contributed by atoms with Gasteiger partial charge in [-0.2, -0.15) is 13.2 Å². The van der Waals surface area contributed by atoms with Crippen molar-refractivity contribution < 1.29 is 13.2 Å². The molecule has 11 heteroatoms. The number of nitrogens with one attached hydrogen (secondary N) is 1. The van der Waals surface area contributed by atoms with Crippen LogP contribution in [0.15, 0.2) is 21.9 Å². The maximum atomic E-state index is 13.4. The Balaban J connectivity index is 1.59. The fourth-order valence-corrected chi connectivity index (χ4v) is 3.86. The van der Waals surface area contributed by atoms with Gasteiger partial charge < -0.3 is 9.47 Å². The van der Waals surface area contributed by atoms with E-state index in [9.17, 15) is 22.8 Å². The van der Waals surface area contributed by atoms with Crippen LogP contribution in [-0.4, -0.2) is 57.1 Å². The summed E-state index contributed by atoms with van der Waals surface area (Å²) in [4.78, 5) is 38.2. The number of hydrogen-bond acceptors (Lipinski definition) is 6. The Morgan fingerprint density at radius 3 is 2.32 bits per heavy atom. The van der Waals surface area contributed by atoms with E-state index in [1.165, 1.54) is 4.57 Å². The quantitative estimate of drug-likeness (QED) is 0.682. The summed E-state index contributed by atoms with van der Waals surface area (Å²) >= 11 is 0. The molecule has 1 N–H and O–H groups in total. The molecule has 0 saturated carbocycles. The third kappa shape index (κ3) is 6.46. The van der Waals surface area contributed by atoms with Crippen LogP contribution in [0.25, 0.3) is 0 Å². The van der Waals surface area contributed by atoms with Crippen molar-refractivity contribution in [1.82, 2.24) is 24.4 Å². The van der Waals surface area contributed by atoms with Crippen LogP contribution in [0.2, 0.25) is 0 Å². The van der Waals surface area contributed by atoms with Gasteiger partial charge in [0.25, 0.3) is 5.56 Å². The van der Waals surface area contributed by atoms with Crippen LogP contribution in [0.1, 0.15) is 51.2 Å². The summed E-state index contributed by atoms with van der Waals surface area (Å²) in [7, 11) is 0. The van der Waals surface area contributed by atoms with Crippen molar-refractivity contribution in [3.05, 3.63) is 50.2 Å². The number of piperazine rings is 1. The molecular formula is C23H33F3N6O2. The topological polar surface area (TPSA) is 87.1 Å². The second kappa shape index (κ2) is 9.89. The maximum absolute atomic E-state index is 13.4. The number of hydrogen-bond donors (Lipinski definition) is 1. The normalized spacial score (nSPS) is 16.6. The molecule has 188 valence electrons. The molecule has 1 aliphatic heterocycles. The number of aryl methyl sites for hydroxylation is 1. The van der Waals surface area contributed by atoms with Gasteiger partial charge in [0.05, 0.1) is 0 Å². The Kier molecular flexibility index (Phi) is 7.54. The van der Waals surface area contributed by atoms with E-state index in [1.807, 2.05) is 4.90 Å². The predicted octanol–water partition coefficient (Wildman–Crippen LogP) is 2.80. The van der Waals surface area contributed by atoms with Crippen molar-refractivity contribution in [2.75, 3.05) is 37.6 Å². The predicted molar refractivity (Wildman–Crippen MR) is 124 cm³/mol. The highest BCUT2D eigenvalue weighted by Crippen LogP contribution is 2.32. The molecule has 1 atom stereocenters. The van der Waals surface area contributed by atoms with E-state index in [1.54, 1.807) is 33.9 Å². The Labute approximate surface area is 196 Å². The lowest BCUT2D eigenvalue weighted by Gasteiger charge is -2.36. The average molecular weight is 483 g/mol. The molecule has 3 heterocycles. The Hall–Kier alpha value is -2.69. The molecule has 1 unspecified atom stereocenters. The van der Waals surface area contributed by atoms with Crippen LogP contribution in [-0.2, 0) is 18.1 Å². The monoisotopic (exact) mass is 482 g/mol. The maximum Gasteiger partial charge on any atom is 0.433 e. The van der Waals surface area contributed by atoms with E-state index in [0.29, 0.717) is 44.1 Å². The zero-order valence-corrected chi connectivity index (χ0v) is 20.4. The molecule has 34 heavy (non-hydrogen) atoms. The number of alkyl halides is 3. The first kappa shape index (κ1) is 25.9. The van der Waals surface area contributed by atoms with Crippen molar-refractivity contribution in [3.8, 4) is 0 Å². The highest BCUT2D eigenvalue weighted by molar-refractivity contribution is 5.42. The summed E-state index contributed by atoms with van der Waals surface area (Å²) in [5.74, 6) is 0.709. The Morgan fingerprint density at radius 2 is 1.74 bits per heavy atom. The second-order valence-electron chi connectivity index (χ2n) is 10.1. The zero-order chi connectivity index (χ0) is 25.3. The molecule has 3 rings (SSSR count). The molecule has 2 aromatic heterocycles. The van der Waals surface area contributed by atoms with E-state index in [4.69, 9.17) is 0 Å². The molecule has 0 radical (unpaired) electrons. The lowest BCUT2D eigenvalue weighted by Crippen LogP contribution is -2.47. The van der Waals surface area contributed by atoms with Gasteiger partial charge in [-0.05, 0) is 25.8 Å². The molecule has 2 aromatic rings. The third-order valence-electron chi connectivity index (χ3n) is 6.01. The lowest BCUT2D eigenvalue weighted by molar-refractivity contribution is -0.141. The van der Waals surface area contributed by atoms with Crippen LogP contribution in [0.3, 0.4) is 0 Å². The molecule has 1 saturated heterocycles. The summed E-state index contributed by atoms with van der Waals surface area (Å²) < 4.78 is 41.8.